The molecule has 4 heteroatoms. The van der Waals surface area contributed by atoms with Gasteiger partial charge in [-0.25, -0.2) is 0 Å². The molecular formula is C15H22BrNO2. The van der Waals surface area contributed by atoms with Gasteiger partial charge in [-0.05, 0) is 38.0 Å². The third-order valence-corrected chi connectivity index (χ3v) is 3.22. The quantitative estimate of drug-likeness (QED) is 0.750. The van der Waals surface area contributed by atoms with Gasteiger partial charge in [-0.1, -0.05) is 35.0 Å². The summed E-state index contributed by atoms with van der Waals surface area (Å²) in [7, 11) is 1.79. The smallest absolute Gasteiger partial charge is 0.238 e. The van der Waals surface area contributed by atoms with Crippen LogP contribution in [0.4, 0.5) is 0 Å². The molecule has 3 nitrogen and oxygen atoms in total. The summed E-state index contributed by atoms with van der Waals surface area (Å²) in [5.74, 6) is 0.897. The van der Waals surface area contributed by atoms with E-state index in [0.717, 1.165) is 12.2 Å². The van der Waals surface area contributed by atoms with Gasteiger partial charge in [0.05, 0.1) is 10.9 Å². The molecule has 1 aromatic rings. The van der Waals surface area contributed by atoms with E-state index in [9.17, 15) is 4.79 Å². The lowest BCUT2D eigenvalue weighted by atomic mass is 10.2. The predicted molar refractivity (Wildman–Crippen MR) is 82.0 cm³/mol. The highest BCUT2D eigenvalue weighted by Crippen LogP contribution is 2.18. The summed E-state index contributed by atoms with van der Waals surface area (Å²) in [6.45, 7) is 6.88. The Hall–Kier alpha value is -1.03. The Balaban J connectivity index is 2.39. The van der Waals surface area contributed by atoms with Crippen molar-refractivity contribution in [3.8, 4) is 5.75 Å². The minimum atomic E-state index is -0.523. The fraction of sp³-hybridized carbons (Fsp3) is 0.533. The number of rotatable bonds is 6. The molecule has 0 atom stereocenters. The molecule has 1 amide bonds. The number of hydrogen-bond donors (Lipinski definition) is 0. The number of amides is 1. The number of aryl methyl sites for hydroxylation is 1. The van der Waals surface area contributed by atoms with Crippen molar-refractivity contribution in [2.75, 3.05) is 20.2 Å². The Morgan fingerprint density at radius 2 is 1.89 bits per heavy atom. The van der Waals surface area contributed by atoms with Crippen molar-refractivity contribution in [2.24, 2.45) is 0 Å². The lowest BCUT2D eigenvalue weighted by Crippen LogP contribution is -2.41. The zero-order chi connectivity index (χ0) is 14.5. The summed E-state index contributed by atoms with van der Waals surface area (Å²) in [6, 6.07) is 8.06. The third-order valence-electron chi connectivity index (χ3n) is 2.88. The normalized spacial score (nSPS) is 11.2. The van der Waals surface area contributed by atoms with E-state index in [1.165, 1.54) is 5.56 Å². The van der Waals surface area contributed by atoms with Crippen molar-refractivity contribution in [1.29, 1.82) is 0 Å². The highest BCUT2D eigenvalue weighted by Gasteiger charge is 2.26. The molecule has 0 heterocycles. The highest BCUT2D eigenvalue weighted by atomic mass is 79.9. The van der Waals surface area contributed by atoms with Crippen molar-refractivity contribution < 1.29 is 9.53 Å². The highest BCUT2D eigenvalue weighted by molar-refractivity contribution is 9.10. The zero-order valence-corrected chi connectivity index (χ0v) is 13.7. The van der Waals surface area contributed by atoms with E-state index in [1.807, 2.05) is 26.0 Å². The van der Waals surface area contributed by atoms with Crippen LogP contribution in [0, 0.1) is 0 Å². The fourth-order valence-corrected chi connectivity index (χ4v) is 1.98. The van der Waals surface area contributed by atoms with Crippen LogP contribution in [-0.2, 0) is 11.2 Å². The summed E-state index contributed by atoms with van der Waals surface area (Å²) < 4.78 is 5.11. The van der Waals surface area contributed by atoms with E-state index >= 15 is 0 Å². The largest absolute Gasteiger partial charge is 0.492 e. The number of hydrogen-bond acceptors (Lipinski definition) is 2. The molecule has 0 bridgehead atoms. The molecule has 0 fully saturated rings. The van der Waals surface area contributed by atoms with E-state index in [1.54, 1.807) is 11.9 Å². The molecule has 0 aliphatic heterocycles. The monoisotopic (exact) mass is 327 g/mol. The first-order valence-corrected chi connectivity index (χ1v) is 7.30. The number of carbonyl (C=O) groups is 1. The van der Waals surface area contributed by atoms with Gasteiger partial charge in [-0.15, -0.1) is 0 Å². The number of carbonyl (C=O) groups excluding carboxylic acids is 1. The predicted octanol–water partition coefficient (Wildman–Crippen LogP) is 3.26. The molecule has 0 aliphatic rings. The molecule has 0 spiro atoms. The molecular weight excluding hydrogens is 306 g/mol. The van der Waals surface area contributed by atoms with E-state index in [-0.39, 0.29) is 5.91 Å². The number of likely N-dealkylation sites (N-methyl/N-ethyl adjacent to an activating group) is 1. The number of benzene rings is 1. The molecule has 19 heavy (non-hydrogen) atoms. The summed E-state index contributed by atoms with van der Waals surface area (Å²) in [4.78, 5) is 13.6. The van der Waals surface area contributed by atoms with Gasteiger partial charge in [0.2, 0.25) is 5.91 Å². The minimum absolute atomic E-state index is 0.0532. The SMILES string of the molecule is CCc1ccc(OCCN(C)C(=O)C(C)(C)Br)cc1. The standard InChI is InChI=1S/C15H22BrNO2/c1-5-12-6-8-13(9-7-12)19-11-10-17(4)14(18)15(2,3)16/h6-9H,5,10-11H2,1-4H3. The van der Waals surface area contributed by atoms with Gasteiger partial charge >= 0.3 is 0 Å². The maximum absolute atomic E-state index is 11.9. The number of halogens is 1. The number of ether oxygens (including phenoxy) is 1. The van der Waals surface area contributed by atoms with Crippen LogP contribution in [0.25, 0.3) is 0 Å². The first-order chi connectivity index (χ1) is 8.84. The van der Waals surface area contributed by atoms with Gasteiger partial charge < -0.3 is 9.64 Å². The molecule has 0 radical (unpaired) electrons. The lowest BCUT2D eigenvalue weighted by molar-refractivity contribution is -0.131. The summed E-state index contributed by atoms with van der Waals surface area (Å²) in [5, 5.41) is 0. The molecule has 0 aliphatic carbocycles. The molecule has 0 aromatic heterocycles. The van der Waals surface area contributed by atoms with Gasteiger partial charge in [0.1, 0.15) is 12.4 Å². The molecule has 0 N–H and O–H groups in total. The van der Waals surface area contributed by atoms with Crippen LogP contribution in [0.5, 0.6) is 5.75 Å². The van der Waals surface area contributed by atoms with Crippen LogP contribution >= 0.6 is 15.9 Å². The average molecular weight is 328 g/mol. The van der Waals surface area contributed by atoms with Crippen molar-refractivity contribution >= 4 is 21.8 Å². The number of alkyl halides is 1. The third kappa shape index (κ3) is 5.23. The van der Waals surface area contributed by atoms with Crippen molar-refractivity contribution in [3.05, 3.63) is 29.8 Å². The van der Waals surface area contributed by atoms with E-state index in [2.05, 4.69) is 35.0 Å². The van der Waals surface area contributed by atoms with Crippen molar-refractivity contribution in [1.82, 2.24) is 4.90 Å². The second-order valence-electron chi connectivity index (χ2n) is 5.05. The summed E-state index contributed by atoms with van der Waals surface area (Å²) >= 11 is 3.37. The first-order valence-electron chi connectivity index (χ1n) is 6.50. The van der Waals surface area contributed by atoms with Crippen molar-refractivity contribution in [3.63, 3.8) is 0 Å². The molecule has 0 saturated carbocycles. The lowest BCUT2D eigenvalue weighted by Gasteiger charge is -2.24. The first kappa shape index (κ1) is 16.0. The van der Waals surface area contributed by atoms with Crippen LogP contribution < -0.4 is 4.74 Å². The van der Waals surface area contributed by atoms with E-state index in [0.29, 0.717) is 13.2 Å². The Morgan fingerprint density at radius 1 is 1.32 bits per heavy atom. The second kappa shape index (κ2) is 6.94. The summed E-state index contributed by atoms with van der Waals surface area (Å²) in [5.41, 5.74) is 1.29. The maximum Gasteiger partial charge on any atom is 0.238 e. The van der Waals surface area contributed by atoms with Gasteiger partial charge in [0.15, 0.2) is 0 Å². The molecule has 106 valence electrons. The van der Waals surface area contributed by atoms with Crippen LogP contribution in [0.15, 0.2) is 24.3 Å². The second-order valence-corrected chi connectivity index (χ2v) is 7.03. The average Bonchev–Trinajstić information content (AvgIpc) is 2.37. The zero-order valence-electron chi connectivity index (χ0n) is 12.1. The van der Waals surface area contributed by atoms with Crippen LogP contribution in [0.1, 0.15) is 26.3 Å². The van der Waals surface area contributed by atoms with Gasteiger partial charge in [-0.2, -0.15) is 0 Å². The molecule has 0 unspecified atom stereocenters. The van der Waals surface area contributed by atoms with Crippen LogP contribution in [-0.4, -0.2) is 35.3 Å². The number of nitrogens with zero attached hydrogens (tertiary/aromatic N) is 1. The molecule has 0 saturated heterocycles. The van der Waals surface area contributed by atoms with Crippen molar-refractivity contribution in [2.45, 2.75) is 31.5 Å². The Labute approximate surface area is 124 Å². The fourth-order valence-electron chi connectivity index (χ4n) is 1.68. The Kier molecular flexibility index (Phi) is 5.85. The van der Waals surface area contributed by atoms with Crippen LogP contribution in [0.3, 0.4) is 0 Å². The summed E-state index contributed by atoms with van der Waals surface area (Å²) in [6.07, 6.45) is 1.03. The maximum atomic E-state index is 11.9. The van der Waals surface area contributed by atoms with E-state index in [4.69, 9.17) is 4.74 Å². The Morgan fingerprint density at radius 3 is 2.37 bits per heavy atom. The van der Waals surface area contributed by atoms with Crippen LogP contribution in [0.2, 0.25) is 0 Å². The topological polar surface area (TPSA) is 29.5 Å². The molecule has 1 rings (SSSR count). The van der Waals surface area contributed by atoms with Gasteiger partial charge in [0.25, 0.3) is 0 Å². The minimum Gasteiger partial charge on any atom is -0.492 e. The van der Waals surface area contributed by atoms with Gasteiger partial charge in [0, 0.05) is 7.05 Å². The molecule has 1 aromatic carbocycles. The Bertz CT molecular complexity index is 409. The van der Waals surface area contributed by atoms with E-state index < -0.39 is 4.32 Å². The van der Waals surface area contributed by atoms with Gasteiger partial charge in [-0.3, -0.25) is 4.79 Å².